The van der Waals surface area contributed by atoms with E-state index in [-0.39, 0.29) is 0 Å². The lowest BCUT2D eigenvalue weighted by molar-refractivity contribution is -0.925. The zero-order valence-corrected chi connectivity index (χ0v) is 14.6. The van der Waals surface area contributed by atoms with E-state index in [2.05, 4.69) is 12.0 Å². The highest BCUT2D eigenvalue weighted by atomic mass is 35.5. The van der Waals surface area contributed by atoms with Crippen molar-refractivity contribution in [3.63, 3.8) is 0 Å². The molecule has 0 saturated carbocycles. The van der Waals surface area contributed by atoms with Gasteiger partial charge in [0, 0.05) is 31.8 Å². The third-order valence-corrected chi connectivity index (χ3v) is 5.08. The summed E-state index contributed by atoms with van der Waals surface area (Å²) in [5.74, 6) is -2.80. The SMILES string of the molecule is C[NH+]1[C@@H]2CC[C@H]1CC(O)(c1cccc(Cl)n1)C2.O=C([O-])/C=C\C(=O)O. The van der Waals surface area contributed by atoms with E-state index in [1.165, 1.54) is 12.8 Å². The fraction of sp³-hybridized carbons (Fsp3) is 0.471. The Morgan fingerprint density at radius 2 is 1.92 bits per heavy atom. The molecule has 4 atom stereocenters. The van der Waals surface area contributed by atoms with Gasteiger partial charge in [0.2, 0.25) is 0 Å². The molecule has 2 saturated heterocycles. The number of rotatable bonds is 3. The summed E-state index contributed by atoms with van der Waals surface area (Å²) < 4.78 is 0. The molecule has 0 spiro atoms. The van der Waals surface area contributed by atoms with E-state index in [4.69, 9.17) is 16.7 Å². The molecule has 2 bridgehead atoms. The van der Waals surface area contributed by atoms with Crippen molar-refractivity contribution < 1.29 is 29.8 Å². The molecule has 3 heterocycles. The first-order valence-corrected chi connectivity index (χ1v) is 8.40. The molecule has 0 radical (unpaired) electrons. The van der Waals surface area contributed by atoms with E-state index in [0.717, 1.165) is 18.5 Å². The van der Waals surface area contributed by atoms with Crippen LogP contribution in [0.5, 0.6) is 0 Å². The Bertz CT molecular complexity index is 649. The average Bonchev–Trinajstić information content (AvgIpc) is 2.76. The Hall–Kier alpha value is -1.96. The number of hydrogen-bond acceptors (Lipinski definition) is 5. The number of halogens is 1. The number of aromatic nitrogens is 1. The van der Waals surface area contributed by atoms with Gasteiger partial charge in [-0.05, 0) is 18.2 Å². The van der Waals surface area contributed by atoms with Crippen LogP contribution in [0.4, 0.5) is 0 Å². The fourth-order valence-corrected chi connectivity index (χ4v) is 3.80. The highest BCUT2D eigenvalue weighted by Crippen LogP contribution is 2.37. The van der Waals surface area contributed by atoms with Crippen LogP contribution in [0.2, 0.25) is 5.15 Å². The molecule has 2 unspecified atom stereocenters. The Kier molecular flexibility index (Phi) is 6.16. The molecule has 3 N–H and O–H groups in total. The van der Waals surface area contributed by atoms with Crippen molar-refractivity contribution in [3.8, 4) is 0 Å². The Morgan fingerprint density at radius 1 is 1.32 bits per heavy atom. The largest absolute Gasteiger partial charge is 0.545 e. The number of fused-ring (bicyclic) bond motifs is 2. The second-order valence-corrected chi connectivity index (χ2v) is 6.88. The van der Waals surface area contributed by atoms with E-state index in [1.807, 2.05) is 12.1 Å². The van der Waals surface area contributed by atoms with E-state index in [1.54, 1.807) is 11.0 Å². The average molecular weight is 369 g/mol. The number of carbonyl (C=O) groups excluding carboxylic acids is 1. The number of aliphatic carboxylic acids is 2. The molecular formula is C17H21ClN2O5. The molecule has 2 aliphatic heterocycles. The first-order valence-electron chi connectivity index (χ1n) is 8.02. The molecule has 2 fully saturated rings. The van der Waals surface area contributed by atoms with Crippen molar-refractivity contribution in [1.29, 1.82) is 0 Å². The van der Waals surface area contributed by atoms with Crippen molar-refractivity contribution in [2.24, 2.45) is 0 Å². The number of carbonyl (C=O) groups is 2. The van der Waals surface area contributed by atoms with Crippen LogP contribution < -0.4 is 10.0 Å². The zero-order valence-electron chi connectivity index (χ0n) is 13.8. The maximum absolute atomic E-state index is 10.8. The van der Waals surface area contributed by atoms with Crippen LogP contribution in [-0.2, 0) is 15.2 Å². The summed E-state index contributed by atoms with van der Waals surface area (Å²) >= 11 is 5.92. The van der Waals surface area contributed by atoms with Crippen LogP contribution >= 0.6 is 11.6 Å². The lowest BCUT2D eigenvalue weighted by Crippen LogP contribution is -3.15. The zero-order chi connectivity index (χ0) is 18.6. The molecule has 3 rings (SSSR count). The molecule has 8 heteroatoms. The third kappa shape index (κ3) is 5.01. The molecule has 0 aliphatic carbocycles. The smallest absolute Gasteiger partial charge is 0.328 e. The Balaban J connectivity index is 0.000000242. The summed E-state index contributed by atoms with van der Waals surface area (Å²) in [6, 6.07) is 6.66. The predicted molar refractivity (Wildman–Crippen MR) is 87.9 cm³/mol. The minimum atomic E-state index is -1.51. The quantitative estimate of drug-likeness (QED) is 0.472. The first-order chi connectivity index (χ1) is 11.7. The monoisotopic (exact) mass is 368 g/mol. The lowest BCUT2D eigenvalue weighted by atomic mass is 9.83. The van der Waals surface area contributed by atoms with Gasteiger partial charge >= 0.3 is 5.97 Å². The van der Waals surface area contributed by atoms with Gasteiger partial charge in [0.15, 0.2) is 0 Å². The van der Waals surface area contributed by atoms with E-state index in [0.29, 0.717) is 29.4 Å². The summed E-state index contributed by atoms with van der Waals surface area (Å²) in [7, 11) is 2.24. The van der Waals surface area contributed by atoms with Gasteiger partial charge in [0.1, 0.15) is 10.8 Å². The maximum Gasteiger partial charge on any atom is 0.328 e. The maximum atomic E-state index is 10.8. The van der Waals surface area contributed by atoms with Crippen molar-refractivity contribution in [3.05, 3.63) is 41.2 Å². The fourth-order valence-electron chi connectivity index (χ4n) is 3.63. The van der Waals surface area contributed by atoms with Crippen molar-refractivity contribution >= 4 is 23.5 Å². The second kappa shape index (κ2) is 7.95. The van der Waals surface area contributed by atoms with Gasteiger partial charge in [0.05, 0.1) is 30.8 Å². The molecule has 1 aromatic rings. The molecule has 1 aromatic heterocycles. The predicted octanol–water partition coefficient (Wildman–Crippen LogP) is -0.861. The molecule has 7 nitrogen and oxygen atoms in total. The normalized spacial score (nSPS) is 30.6. The summed E-state index contributed by atoms with van der Waals surface area (Å²) in [5, 5.41) is 28.5. The summed E-state index contributed by atoms with van der Waals surface area (Å²) in [6.07, 6.45) is 5.00. The molecular weight excluding hydrogens is 348 g/mol. The van der Waals surface area contributed by atoms with E-state index >= 15 is 0 Å². The molecule has 2 aliphatic rings. The number of quaternary nitrogens is 1. The lowest BCUT2D eigenvalue weighted by Gasteiger charge is -2.39. The summed E-state index contributed by atoms with van der Waals surface area (Å²) in [5.41, 5.74) is -0.0228. The van der Waals surface area contributed by atoms with Crippen LogP contribution in [0.25, 0.3) is 0 Å². The number of aliphatic hydroxyl groups is 1. The van der Waals surface area contributed by atoms with Crippen LogP contribution in [0.3, 0.4) is 0 Å². The number of pyridine rings is 1. The molecule has 0 amide bonds. The number of piperidine rings is 1. The topological polar surface area (TPSA) is 115 Å². The van der Waals surface area contributed by atoms with E-state index < -0.39 is 17.5 Å². The second-order valence-electron chi connectivity index (χ2n) is 6.49. The van der Waals surface area contributed by atoms with Crippen molar-refractivity contribution in [2.45, 2.75) is 43.4 Å². The van der Waals surface area contributed by atoms with Gasteiger partial charge in [-0.1, -0.05) is 17.7 Å². The molecule has 0 aromatic carbocycles. The number of carboxylic acids is 2. The van der Waals surface area contributed by atoms with Gasteiger partial charge in [0.25, 0.3) is 0 Å². The Labute approximate surface area is 150 Å². The van der Waals surface area contributed by atoms with Gasteiger partial charge < -0.3 is 25.0 Å². The number of carboxylic acid groups (broad SMARTS) is 2. The van der Waals surface area contributed by atoms with Crippen molar-refractivity contribution in [1.82, 2.24) is 4.98 Å². The van der Waals surface area contributed by atoms with Crippen molar-refractivity contribution in [2.75, 3.05) is 7.05 Å². The molecule has 25 heavy (non-hydrogen) atoms. The van der Waals surface area contributed by atoms with Crippen LogP contribution in [0.15, 0.2) is 30.4 Å². The summed E-state index contributed by atoms with van der Waals surface area (Å²) in [6.45, 7) is 0. The summed E-state index contributed by atoms with van der Waals surface area (Å²) in [4.78, 5) is 24.8. The Morgan fingerprint density at radius 3 is 2.36 bits per heavy atom. The van der Waals surface area contributed by atoms with Gasteiger partial charge in [-0.25, -0.2) is 9.78 Å². The minimum Gasteiger partial charge on any atom is -0.545 e. The van der Waals surface area contributed by atoms with Crippen LogP contribution in [0.1, 0.15) is 31.4 Å². The number of hydrogen-bond donors (Lipinski definition) is 3. The van der Waals surface area contributed by atoms with Crippen LogP contribution in [0, 0.1) is 0 Å². The molecule has 136 valence electrons. The van der Waals surface area contributed by atoms with Crippen LogP contribution in [-0.4, -0.2) is 46.3 Å². The van der Waals surface area contributed by atoms with Gasteiger partial charge in [-0.3, -0.25) is 0 Å². The van der Waals surface area contributed by atoms with Gasteiger partial charge in [-0.15, -0.1) is 0 Å². The standard InChI is InChI=1S/C13H17ClN2O.C4H4O4/c1-16-9-5-6-10(16)8-13(17,7-9)11-3-2-4-12(14)15-11;5-3(6)1-2-4(7)8/h2-4,9-10,17H,5-8H2,1H3;1-2H,(H,5,6)(H,7,8)/b;2-1-/t9-,10+,13?;. The highest BCUT2D eigenvalue weighted by Gasteiger charge is 2.50. The first kappa shape index (κ1) is 19.4. The number of nitrogens with one attached hydrogen (secondary N) is 1. The minimum absolute atomic E-state index is 0.447. The highest BCUT2D eigenvalue weighted by molar-refractivity contribution is 6.29. The third-order valence-electron chi connectivity index (χ3n) is 4.87. The van der Waals surface area contributed by atoms with Gasteiger partial charge in [-0.2, -0.15) is 0 Å². The van der Waals surface area contributed by atoms with E-state index in [9.17, 15) is 19.8 Å². The number of nitrogens with zero attached hydrogens (tertiary/aromatic N) is 1.